The molecule has 0 atom stereocenters. The molecule has 2 fully saturated rings. The topological polar surface area (TPSA) is 32.3 Å². The third kappa shape index (κ3) is 5.53. The predicted octanol–water partition coefficient (Wildman–Crippen LogP) is 5.65. The molecule has 0 spiro atoms. The SMILES string of the molecule is CC(C)(C)CCN1CCC(F)(CNC(=O)C2(c3ccc(F)cc3Cl)CCCC2)CC1. The van der Waals surface area contributed by atoms with Crippen LogP contribution in [0.1, 0.15) is 71.3 Å². The number of nitrogens with one attached hydrogen (secondary N) is 1. The molecule has 1 heterocycles. The number of alkyl halides is 1. The van der Waals surface area contributed by atoms with E-state index in [0.29, 0.717) is 31.2 Å². The number of carbonyl (C=O) groups is 1. The predicted molar refractivity (Wildman–Crippen MR) is 118 cm³/mol. The largest absolute Gasteiger partial charge is 0.352 e. The number of amides is 1. The average Bonchev–Trinajstić information content (AvgIpc) is 3.16. The lowest BCUT2D eigenvalue weighted by molar-refractivity contribution is -0.127. The van der Waals surface area contributed by atoms with Crippen molar-refractivity contribution in [3.8, 4) is 0 Å². The summed E-state index contributed by atoms with van der Waals surface area (Å²) in [6, 6.07) is 4.22. The standard InChI is InChI=1S/C24H35ClF2N2O/c1-22(2,3)10-13-29-14-11-23(27,12-15-29)17-28-21(30)24(8-4-5-9-24)19-7-6-18(26)16-20(19)25/h6-7,16H,4-5,8-15,17H2,1-3H3,(H,28,30). The van der Waals surface area contributed by atoms with E-state index in [-0.39, 0.29) is 22.9 Å². The molecule has 3 nitrogen and oxygen atoms in total. The van der Waals surface area contributed by atoms with Gasteiger partial charge in [-0.15, -0.1) is 0 Å². The van der Waals surface area contributed by atoms with Crippen LogP contribution in [0.15, 0.2) is 18.2 Å². The minimum atomic E-state index is -1.37. The Morgan fingerprint density at radius 1 is 1.17 bits per heavy atom. The summed E-state index contributed by atoms with van der Waals surface area (Å²) in [5, 5.41) is 3.17. The molecule has 168 valence electrons. The van der Waals surface area contributed by atoms with E-state index < -0.39 is 16.9 Å². The Morgan fingerprint density at radius 3 is 2.37 bits per heavy atom. The van der Waals surface area contributed by atoms with Crippen molar-refractivity contribution >= 4 is 17.5 Å². The van der Waals surface area contributed by atoms with E-state index in [2.05, 4.69) is 31.0 Å². The Bertz CT molecular complexity index is 748. The smallest absolute Gasteiger partial charge is 0.230 e. The van der Waals surface area contributed by atoms with Crippen LogP contribution in [-0.4, -0.2) is 42.7 Å². The fourth-order valence-electron chi connectivity index (χ4n) is 4.73. The van der Waals surface area contributed by atoms with Crippen LogP contribution < -0.4 is 5.32 Å². The first-order valence-electron chi connectivity index (χ1n) is 11.2. The van der Waals surface area contributed by atoms with Gasteiger partial charge in [-0.1, -0.05) is 51.3 Å². The van der Waals surface area contributed by atoms with Crippen molar-refractivity contribution in [2.24, 2.45) is 5.41 Å². The molecule has 0 unspecified atom stereocenters. The molecule has 2 aliphatic rings. The third-order valence-corrected chi connectivity index (χ3v) is 7.15. The maximum absolute atomic E-state index is 15.4. The van der Waals surface area contributed by atoms with Crippen molar-refractivity contribution in [2.45, 2.75) is 76.8 Å². The Kier molecular flexibility index (Phi) is 7.13. The van der Waals surface area contributed by atoms with E-state index in [0.717, 1.165) is 38.9 Å². The van der Waals surface area contributed by atoms with E-state index in [9.17, 15) is 9.18 Å². The highest BCUT2D eigenvalue weighted by atomic mass is 35.5. The summed E-state index contributed by atoms with van der Waals surface area (Å²) in [6.45, 7) is 9.11. The molecule has 0 radical (unpaired) electrons. The first kappa shape index (κ1) is 23.5. The number of hydrogen-bond donors (Lipinski definition) is 1. The van der Waals surface area contributed by atoms with Gasteiger partial charge in [0.2, 0.25) is 5.91 Å². The summed E-state index contributed by atoms with van der Waals surface area (Å²) in [6.07, 6.45) is 5.08. The van der Waals surface area contributed by atoms with Crippen LogP contribution in [0.3, 0.4) is 0 Å². The van der Waals surface area contributed by atoms with Crippen molar-refractivity contribution in [3.63, 3.8) is 0 Å². The summed E-state index contributed by atoms with van der Waals surface area (Å²) in [7, 11) is 0. The van der Waals surface area contributed by atoms with E-state index in [1.165, 1.54) is 12.1 Å². The van der Waals surface area contributed by atoms with Gasteiger partial charge < -0.3 is 10.2 Å². The lowest BCUT2D eigenvalue weighted by Crippen LogP contribution is -2.51. The summed E-state index contributed by atoms with van der Waals surface area (Å²) < 4.78 is 28.9. The number of nitrogens with zero attached hydrogens (tertiary/aromatic N) is 1. The molecule has 1 amide bonds. The van der Waals surface area contributed by atoms with Crippen molar-refractivity contribution in [3.05, 3.63) is 34.6 Å². The highest BCUT2D eigenvalue weighted by molar-refractivity contribution is 6.31. The zero-order valence-electron chi connectivity index (χ0n) is 18.5. The molecular weight excluding hydrogens is 406 g/mol. The number of benzene rings is 1. The Balaban J connectivity index is 1.60. The molecule has 6 heteroatoms. The fourth-order valence-corrected chi connectivity index (χ4v) is 5.08. The first-order chi connectivity index (χ1) is 14.0. The second-order valence-electron chi connectivity index (χ2n) is 10.4. The zero-order valence-corrected chi connectivity index (χ0v) is 19.3. The number of hydrogen-bond acceptors (Lipinski definition) is 2. The average molecular weight is 441 g/mol. The maximum Gasteiger partial charge on any atom is 0.230 e. The maximum atomic E-state index is 15.4. The molecule has 3 rings (SSSR count). The van der Waals surface area contributed by atoms with Crippen molar-refractivity contribution < 1.29 is 13.6 Å². The second kappa shape index (κ2) is 9.12. The molecule has 1 aromatic rings. The van der Waals surface area contributed by atoms with Gasteiger partial charge >= 0.3 is 0 Å². The van der Waals surface area contributed by atoms with Gasteiger partial charge in [0.25, 0.3) is 0 Å². The van der Waals surface area contributed by atoms with Crippen LogP contribution in [-0.2, 0) is 10.2 Å². The molecule has 1 aliphatic carbocycles. The van der Waals surface area contributed by atoms with Crippen molar-refractivity contribution in [2.75, 3.05) is 26.2 Å². The normalized spacial score (nSPS) is 21.5. The zero-order chi connectivity index (χ0) is 22.0. The number of halogens is 3. The van der Waals surface area contributed by atoms with Crippen LogP contribution in [0, 0.1) is 11.2 Å². The molecule has 0 bridgehead atoms. The lowest BCUT2D eigenvalue weighted by atomic mass is 9.77. The quantitative estimate of drug-likeness (QED) is 0.620. The molecule has 1 saturated carbocycles. The monoisotopic (exact) mass is 440 g/mol. The molecule has 0 aromatic heterocycles. The molecule has 1 aromatic carbocycles. The summed E-state index contributed by atoms with van der Waals surface area (Å²) >= 11 is 6.30. The van der Waals surface area contributed by atoms with Crippen LogP contribution in [0.25, 0.3) is 0 Å². The van der Waals surface area contributed by atoms with Gasteiger partial charge in [0, 0.05) is 18.1 Å². The Labute approximate surface area is 184 Å². The summed E-state index contributed by atoms with van der Waals surface area (Å²) in [5.74, 6) is -0.598. The summed E-state index contributed by atoms with van der Waals surface area (Å²) in [5.41, 5.74) is -1.23. The highest BCUT2D eigenvalue weighted by Crippen LogP contribution is 2.44. The van der Waals surface area contributed by atoms with Crippen molar-refractivity contribution in [1.82, 2.24) is 10.2 Å². The molecule has 30 heavy (non-hydrogen) atoms. The molecular formula is C24H35ClF2N2O. The van der Waals surface area contributed by atoms with Gasteiger partial charge in [-0.05, 0) is 61.8 Å². The number of likely N-dealkylation sites (tertiary alicyclic amines) is 1. The van der Waals surface area contributed by atoms with Crippen LogP contribution in [0.5, 0.6) is 0 Å². The van der Waals surface area contributed by atoms with Gasteiger partial charge in [0.1, 0.15) is 11.5 Å². The Morgan fingerprint density at radius 2 is 1.80 bits per heavy atom. The lowest BCUT2D eigenvalue weighted by Gasteiger charge is -2.38. The second-order valence-corrected chi connectivity index (χ2v) is 10.8. The van der Waals surface area contributed by atoms with Gasteiger partial charge in [0.15, 0.2) is 0 Å². The minimum absolute atomic E-state index is 0.0273. The van der Waals surface area contributed by atoms with E-state index in [1.807, 2.05) is 0 Å². The van der Waals surface area contributed by atoms with Crippen LogP contribution in [0.4, 0.5) is 8.78 Å². The van der Waals surface area contributed by atoms with E-state index in [4.69, 9.17) is 11.6 Å². The molecule has 1 aliphatic heterocycles. The fraction of sp³-hybridized carbons (Fsp3) is 0.708. The van der Waals surface area contributed by atoms with E-state index in [1.54, 1.807) is 6.07 Å². The van der Waals surface area contributed by atoms with E-state index >= 15 is 4.39 Å². The molecule has 1 N–H and O–H groups in total. The number of piperidine rings is 1. The van der Waals surface area contributed by atoms with Gasteiger partial charge in [-0.25, -0.2) is 8.78 Å². The van der Waals surface area contributed by atoms with Crippen molar-refractivity contribution in [1.29, 1.82) is 0 Å². The minimum Gasteiger partial charge on any atom is -0.352 e. The van der Waals surface area contributed by atoms with Gasteiger partial charge in [0.05, 0.1) is 12.0 Å². The van der Waals surface area contributed by atoms with Gasteiger partial charge in [-0.3, -0.25) is 4.79 Å². The Hall–Kier alpha value is -1.20. The van der Waals surface area contributed by atoms with Gasteiger partial charge in [-0.2, -0.15) is 0 Å². The van der Waals surface area contributed by atoms with Crippen LogP contribution >= 0.6 is 11.6 Å². The highest BCUT2D eigenvalue weighted by Gasteiger charge is 2.45. The van der Waals surface area contributed by atoms with Crippen LogP contribution in [0.2, 0.25) is 5.02 Å². The third-order valence-electron chi connectivity index (χ3n) is 6.83. The number of rotatable bonds is 6. The number of carbonyl (C=O) groups excluding carboxylic acids is 1. The molecule has 1 saturated heterocycles. The first-order valence-corrected chi connectivity index (χ1v) is 11.6. The summed E-state index contributed by atoms with van der Waals surface area (Å²) in [4.78, 5) is 15.5.